The number of hydrogen-bond donors (Lipinski definition) is 3. The molecule has 1 aliphatic heterocycles. The van der Waals surface area contributed by atoms with Crippen molar-refractivity contribution in [3.8, 4) is 0 Å². The van der Waals surface area contributed by atoms with Gasteiger partial charge in [0.2, 0.25) is 0 Å². The number of benzene rings is 1. The van der Waals surface area contributed by atoms with Crippen LogP contribution in [0.4, 0.5) is 10.1 Å². The van der Waals surface area contributed by atoms with E-state index in [1.807, 2.05) is 0 Å². The highest BCUT2D eigenvalue weighted by molar-refractivity contribution is 5.74. The summed E-state index contributed by atoms with van der Waals surface area (Å²) in [5, 5.41) is 15.1. The lowest BCUT2D eigenvalue weighted by Gasteiger charge is -2.27. The molecule has 0 saturated carbocycles. The molecule has 2 rings (SSSR count). The minimum atomic E-state index is -1.54. The second kappa shape index (κ2) is 3.70. The maximum absolute atomic E-state index is 13.3. The van der Waals surface area contributed by atoms with Gasteiger partial charge in [-0.2, -0.15) is 0 Å². The van der Waals surface area contributed by atoms with Gasteiger partial charge in [0.1, 0.15) is 5.82 Å². The van der Waals surface area contributed by atoms with Crippen LogP contribution in [0.1, 0.15) is 0 Å². The maximum atomic E-state index is 13.3. The summed E-state index contributed by atoms with van der Waals surface area (Å²) in [6.07, 6.45) is 4.20. The van der Waals surface area contributed by atoms with Gasteiger partial charge in [-0.15, -0.1) is 0 Å². The summed E-state index contributed by atoms with van der Waals surface area (Å²) in [6.45, 7) is 0. The van der Waals surface area contributed by atoms with Gasteiger partial charge in [-0.25, -0.2) is 4.39 Å². The molecule has 1 aromatic rings. The predicted octanol–water partition coefficient (Wildman–Crippen LogP) is 1.03. The highest BCUT2D eigenvalue weighted by atomic mass is 19.1. The van der Waals surface area contributed by atoms with Crippen LogP contribution in [-0.4, -0.2) is 17.2 Å². The maximum Gasteiger partial charge on any atom is 0.252 e. The average molecular weight is 207 g/mol. The van der Waals surface area contributed by atoms with Crippen molar-refractivity contribution in [2.45, 2.75) is 5.85 Å². The first kappa shape index (κ1) is 9.67. The van der Waals surface area contributed by atoms with E-state index in [2.05, 4.69) is 15.6 Å². The molecule has 5 heteroatoms. The molecule has 3 N–H and O–H groups in total. The molecule has 1 aromatic carbocycles. The Kier molecular flexibility index (Phi) is 2.39. The van der Waals surface area contributed by atoms with Crippen LogP contribution in [0.25, 0.3) is 0 Å². The van der Waals surface area contributed by atoms with E-state index < -0.39 is 11.7 Å². The largest absolute Gasteiger partial charge is 0.350 e. The highest BCUT2D eigenvalue weighted by Crippen LogP contribution is 2.16. The summed E-state index contributed by atoms with van der Waals surface area (Å²) >= 11 is 0. The van der Waals surface area contributed by atoms with Gasteiger partial charge in [0, 0.05) is 12.4 Å². The minimum Gasteiger partial charge on any atom is -0.350 e. The molecule has 0 bridgehead atoms. The highest BCUT2D eigenvalue weighted by Gasteiger charge is 2.24. The molecule has 1 aliphatic rings. The Balaban J connectivity index is 2.18. The van der Waals surface area contributed by atoms with Gasteiger partial charge in [-0.1, -0.05) is 12.1 Å². The van der Waals surface area contributed by atoms with Crippen molar-refractivity contribution in [1.82, 2.24) is 5.32 Å². The van der Waals surface area contributed by atoms with Crippen LogP contribution in [-0.2, 0) is 0 Å². The molecule has 1 heterocycles. The molecule has 1 unspecified atom stereocenters. The zero-order valence-electron chi connectivity index (χ0n) is 7.81. The molecule has 0 spiro atoms. The first-order valence-electron chi connectivity index (χ1n) is 4.42. The van der Waals surface area contributed by atoms with E-state index in [0.29, 0.717) is 0 Å². The van der Waals surface area contributed by atoms with Crippen LogP contribution in [0.2, 0.25) is 0 Å². The van der Waals surface area contributed by atoms with Crippen LogP contribution in [0.5, 0.6) is 0 Å². The smallest absolute Gasteiger partial charge is 0.252 e. The summed E-state index contributed by atoms with van der Waals surface area (Å²) < 4.78 is 13.3. The van der Waals surface area contributed by atoms with Crippen LogP contribution in [0, 0.1) is 5.82 Å². The number of aliphatic hydroxyl groups is 1. The fraction of sp³-hybridized carbons (Fsp3) is 0.100. The SMILES string of the molecule is OC1(Nc2ccccc2F)C=NC=CN1. The van der Waals surface area contributed by atoms with Gasteiger partial charge in [0.15, 0.2) is 0 Å². The number of nitrogens with one attached hydrogen (secondary N) is 2. The zero-order valence-corrected chi connectivity index (χ0v) is 7.81. The summed E-state index contributed by atoms with van der Waals surface area (Å²) in [7, 11) is 0. The second-order valence-electron chi connectivity index (χ2n) is 3.11. The fourth-order valence-corrected chi connectivity index (χ4v) is 1.23. The molecule has 78 valence electrons. The Morgan fingerprint density at radius 3 is 2.87 bits per heavy atom. The van der Waals surface area contributed by atoms with Crippen molar-refractivity contribution in [3.63, 3.8) is 0 Å². The number of hydrogen-bond acceptors (Lipinski definition) is 4. The lowest BCUT2D eigenvalue weighted by atomic mass is 10.3. The van der Waals surface area contributed by atoms with Crippen LogP contribution >= 0.6 is 0 Å². The zero-order chi connectivity index (χ0) is 10.7. The molecular formula is C10H10FN3O. The Morgan fingerprint density at radius 1 is 1.40 bits per heavy atom. The van der Waals surface area contributed by atoms with E-state index in [0.717, 1.165) is 0 Å². The molecule has 4 nitrogen and oxygen atoms in total. The Labute approximate surface area is 86.2 Å². The van der Waals surface area contributed by atoms with Gasteiger partial charge >= 0.3 is 0 Å². The summed E-state index contributed by atoms with van der Waals surface area (Å²) in [4.78, 5) is 3.75. The van der Waals surface area contributed by atoms with Crippen molar-refractivity contribution in [2.24, 2.45) is 4.99 Å². The van der Waals surface area contributed by atoms with Gasteiger partial charge in [-0.3, -0.25) is 4.99 Å². The average Bonchev–Trinajstić information content (AvgIpc) is 2.22. The lowest BCUT2D eigenvalue weighted by Crippen LogP contribution is -2.52. The van der Waals surface area contributed by atoms with Gasteiger partial charge < -0.3 is 15.7 Å². The Hall–Kier alpha value is -1.88. The van der Waals surface area contributed by atoms with Crippen molar-refractivity contribution < 1.29 is 9.50 Å². The molecule has 0 radical (unpaired) electrons. The molecule has 1 atom stereocenters. The third-order valence-electron chi connectivity index (χ3n) is 1.92. The number of rotatable bonds is 2. The van der Waals surface area contributed by atoms with Crippen LogP contribution in [0.15, 0.2) is 41.7 Å². The summed E-state index contributed by atoms with van der Waals surface area (Å²) in [6, 6.07) is 6.08. The van der Waals surface area contributed by atoms with Crippen molar-refractivity contribution in [2.75, 3.05) is 5.32 Å². The van der Waals surface area contributed by atoms with E-state index >= 15 is 0 Å². The number of anilines is 1. The first-order chi connectivity index (χ1) is 7.20. The van der Waals surface area contributed by atoms with Gasteiger partial charge in [-0.05, 0) is 12.1 Å². The minimum absolute atomic E-state index is 0.203. The molecule has 0 aromatic heterocycles. The molecule has 0 aliphatic carbocycles. The molecule has 15 heavy (non-hydrogen) atoms. The topological polar surface area (TPSA) is 56.6 Å². The van der Waals surface area contributed by atoms with E-state index in [1.165, 1.54) is 30.7 Å². The molecular weight excluding hydrogens is 197 g/mol. The number of para-hydroxylation sites is 1. The summed E-state index contributed by atoms with van der Waals surface area (Å²) in [5.41, 5.74) is 0.203. The number of nitrogens with zero attached hydrogens (tertiary/aromatic N) is 1. The Morgan fingerprint density at radius 2 is 2.20 bits per heavy atom. The van der Waals surface area contributed by atoms with Crippen molar-refractivity contribution in [3.05, 3.63) is 42.5 Å². The van der Waals surface area contributed by atoms with E-state index in [-0.39, 0.29) is 5.69 Å². The second-order valence-corrected chi connectivity index (χ2v) is 3.11. The normalized spacial score (nSPS) is 23.6. The number of aliphatic imine (C=N–C) groups is 1. The van der Waals surface area contributed by atoms with Crippen LogP contribution in [0.3, 0.4) is 0 Å². The standard InChI is InChI=1S/C10H10FN3O/c11-8-3-1-2-4-9(8)14-10(15)7-12-5-6-13-10/h1-7,13-15H. The van der Waals surface area contributed by atoms with Gasteiger partial charge in [0.25, 0.3) is 5.85 Å². The predicted molar refractivity (Wildman–Crippen MR) is 55.7 cm³/mol. The van der Waals surface area contributed by atoms with Gasteiger partial charge in [0.05, 0.1) is 11.9 Å². The lowest BCUT2D eigenvalue weighted by molar-refractivity contribution is 0.123. The third-order valence-corrected chi connectivity index (χ3v) is 1.92. The summed E-state index contributed by atoms with van der Waals surface area (Å²) in [5.74, 6) is -1.98. The molecule has 0 amide bonds. The Bertz CT molecular complexity index is 419. The fourth-order valence-electron chi connectivity index (χ4n) is 1.23. The number of halogens is 1. The monoisotopic (exact) mass is 207 g/mol. The quantitative estimate of drug-likeness (QED) is 0.635. The van der Waals surface area contributed by atoms with E-state index in [1.54, 1.807) is 12.1 Å². The van der Waals surface area contributed by atoms with Crippen molar-refractivity contribution >= 4 is 11.9 Å². The van der Waals surface area contributed by atoms with E-state index in [9.17, 15) is 9.50 Å². The van der Waals surface area contributed by atoms with Crippen LogP contribution < -0.4 is 10.6 Å². The third kappa shape index (κ3) is 2.13. The molecule has 0 saturated heterocycles. The molecule has 0 fully saturated rings. The first-order valence-corrected chi connectivity index (χ1v) is 4.42. The van der Waals surface area contributed by atoms with Crippen molar-refractivity contribution in [1.29, 1.82) is 0 Å². The van der Waals surface area contributed by atoms with E-state index in [4.69, 9.17) is 0 Å².